The van der Waals surface area contributed by atoms with Crippen LogP contribution < -0.4 is 9.47 Å². The highest BCUT2D eigenvalue weighted by molar-refractivity contribution is 6.14. The van der Waals surface area contributed by atoms with Gasteiger partial charge in [0.25, 0.3) is 5.91 Å². The highest BCUT2D eigenvalue weighted by Gasteiger charge is 2.42. The number of benzene rings is 1. The molecule has 1 aliphatic heterocycles. The van der Waals surface area contributed by atoms with Gasteiger partial charge in [-0.1, -0.05) is 6.07 Å². The van der Waals surface area contributed by atoms with Crippen molar-refractivity contribution in [3.8, 4) is 11.5 Å². The molecule has 2 heterocycles. The summed E-state index contributed by atoms with van der Waals surface area (Å²) in [5.74, 6) is 0.0000417. The van der Waals surface area contributed by atoms with Gasteiger partial charge in [0.1, 0.15) is 5.76 Å². The molecule has 28 heavy (non-hydrogen) atoms. The molecule has 0 aliphatic carbocycles. The topological polar surface area (TPSA) is 89.2 Å². The molecule has 0 fully saturated rings. The number of Topliss-reactive ketones (excluding diaryl/α,β-unsaturated/α-hetero) is 1. The summed E-state index contributed by atoms with van der Waals surface area (Å²) < 4.78 is 16.6. The first kappa shape index (κ1) is 19.5. The maximum Gasteiger partial charge on any atom is 0.289 e. The van der Waals surface area contributed by atoms with E-state index in [0.717, 1.165) is 0 Å². The van der Waals surface area contributed by atoms with Crippen molar-refractivity contribution < 1.29 is 28.6 Å². The number of likely N-dealkylation sites (N-methyl/N-ethyl adjacent to an activating group) is 1. The Kier molecular flexibility index (Phi) is 5.44. The minimum atomic E-state index is -0.764. The Bertz CT molecular complexity index is 942. The number of aliphatic hydroxyl groups excluding tert-OH is 1. The van der Waals surface area contributed by atoms with E-state index < -0.39 is 23.5 Å². The van der Waals surface area contributed by atoms with Crippen molar-refractivity contribution in [3.63, 3.8) is 0 Å². The van der Waals surface area contributed by atoms with Crippen LogP contribution in [-0.4, -0.2) is 42.0 Å². The predicted molar refractivity (Wildman–Crippen MR) is 102 cm³/mol. The van der Waals surface area contributed by atoms with Gasteiger partial charge in [0, 0.05) is 7.05 Å². The molecule has 1 N–H and O–H groups in total. The van der Waals surface area contributed by atoms with Crippen LogP contribution in [0.4, 0.5) is 0 Å². The fourth-order valence-electron chi connectivity index (χ4n) is 3.27. The molecule has 3 rings (SSSR count). The van der Waals surface area contributed by atoms with E-state index in [1.165, 1.54) is 18.0 Å². The standard InChI is InChI=1S/C21H23NO6/c1-5-26-14-10-8-13(11-16(14)27-6-2)18-17(20(24)21(25)22(18)4)19(23)15-9-7-12(3)28-15/h7-11,18,24H,5-6H2,1-4H3. The summed E-state index contributed by atoms with van der Waals surface area (Å²) in [7, 11) is 1.54. The Hall–Kier alpha value is -3.22. The van der Waals surface area contributed by atoms with Gasteiger partial charge in [0.15, 0.2) is 23.0 Å². The number of ether oxygens (including phenoxy) is 2. The lowest BCUT2D eigenvalue weighted by Crippen LogP contribution is -2.26. The molecular weight excluding hydrogens is 362 g/mol. The zero-order valence-electron chi connectivity index (χ0n) is 16.3. The van der Waals surface area contributed by atoms with Crippen LogP contribution in [0.15, 0.2) is 46.1 Å². The molecule has 2 aromatic rings. The second-order valence-corrected chi connectivity index (χ2v) is 6.39. The van der Waals surface area contributed by atoms with Crippen molar-refractivity contribution in [1.29, 1.82) is 0 Å². The lowest BCUT2D eigenvalue weighted by atomic mass is 9.95. The van der Waals surface area contributed by atoms with Crippen molar-refractivity contribution in [2.75, 3.05) is 20.3 Å². The molecular formula is C21H23NO6. The third kappa shape index (κ3) is 3.35. The SMILES string of the molecule is CCOc1ccc(C2C(C(=O)c3ccc(C)o3)=C(O)C(=O)N2C)cc1OCC. The van der Waals surface area contributed by atoms with E-state index in [1.807, 2.05) is 13.8 Å². The van der Waals surface area contributed by atoms with Crippen molar-refractivity contribution in [2.45, 2.75) is 26.8 Å². The number of aliphatic hydroxyl groups is 1. The van der Waals surface area contributed by atoms with E-state index in [2.05, 4.69) is 0 Å². The van der Waals surface area contributed by atoms with Gasteiger partial charge in [-0.05, 0) is 50.6 Å². The summed E-state index contributed by atoms with van der Waals surface area (Å²) >= 11 is 0. The molecule has 0 spiro atoms. The third-order valence-electron chi connectivity index (χ3n) is 4.53. The highest BCUT2D eigenvalue weighted by Crippen LogP contribution is 2.41. The van der Waals surface area contributed by atoms with Gasteiger partial charge in [0.05, 0.1) is 24.8 Å². The number of aryl methyl sites for hydroxylation is 1. The Labute approximate surface area is 163 Å². The van der Waals surface area contributed by atoms with E-state index >= 15 is 0 Å². The summed E-state index contributed by atoms with van der Waals surface area (Å²) in [6, 6.07) is 7.63. The van der Waals surface area contributed by atoms with E-state index in [-0.39, 0.29) is 11.3 Å². The van der Waals surface area contributed by atoms with Crippen LogP contribution in [-0.2, 0) is 4.79 Å². The number of hydrogen-bond acceptors (Lipinski definition) is 6. The number of ketones is 1. The average molecular weight is 385 g/mol. The van der Waals surface area contributed by atoms with Crippen LogP contribution in [0.2, 0.25) is 0 Å². The number of rotatable bonds is 7. The first-order valence-corrected chi connectivity index (χ1v) is 9.10. The van der Waals surface area contributed by atoms with E-state index in [1.54, 1.807) is 31.2 Å². The van der Waals surface area contributed by atoms with Gasteiger partial charge in [0.2, 0.25) is 5.78 Å². The zero-order valence-corrected chi connectivity index (χ0v) is 16.3. The molecule has 0 saturated carbocycles. The van der Waals surface area contributed by atoms with Crippen LogP contribution in [0.5, 0.6) is 11.5 Å². The second kappa shape index (κ2) is 7.80. The third-order valence-corrected chi connectivity index (χ3v) is 4.53. The molecule has 0 radical (unpaired) electrons. The van der Waals surface area contributed by atoms with Crippen molar-refractivity contribution in [1.82, 2.24) is 4.90 Å². The normalized spacial score (nSPS) is 16.6. The molecule has 1 aromatic carbocycles. The van der Waals surface area contributed by atoms with Crippen LogP contribution in [0.1, 0.15) is 41.8 Å². The first-order valence-electron chi connectivity index (χ1n) is 9.10. The fraction of sp³-hybridized carbons (Fsp3) is 0.333. The largest absolute Gasteiger partial charge is 0.503 e. The quantitative estimate of drug-likeness (QED) is 0.733. The molecule has 7 heteroatoms. The number of hydrogen-bond donors (Lipinski definition) is 1. The molecule has 0 saturated heterocycles. The molecule has 0 bridgehead atoms. The van der Waals surface area contributed by atoms with E-state index in [0.29, 0.717) is 36.0 Å². The number of carbonyl (C=O) groups is 2. The molecule has 1 unspecified atom stereocenters. The van der Waals surface area contributed by atoms with Crippen LogP contribution in [0.3, 0.4) is 0 Å². The number of nitrogens with zero attached hydrogens (tertiary/aromatic N) is 1. The Morgan fingerprint density at radius 1 is 1.14 bits per heavy atom. The molecule has 7 nitrogen and oxygen atoms in total. The van der Waals surface area contributed by atoms with Crippen LogP contribution in [0.25, 0.3) is 0 Å². The molecule has 1 atom stereocenters. The number of amides is 1. The zero-order chi connectivity index (χ0) is 20.4. The van der Waals surface area contributed by atoms with Crippen molar-refractivity contribution >= 4 is 11.7 Å². The van der Waals surface area contributed by atoms with Gasteiger partial charge < -0.3 is 23.9 Å². The Morgan fingerprint density at radius 2 is 1.82 bits per heavy atom. The smallest absolute Gasteiger partial charge is 0.289 e. The molecule has 1 aliphatic rings. The van der Waals surface area contributed by atoms with E-state index in [4.69, 9.17) is 13.9 Å². The van der Waals surface area contributed by atoms with Crippen molar-refractivity contribution in [3.05, 3.63) is 58.7 Å². The van der Waals surface area contributed by atoms with Crippen LogP contribution in [0, 0.1) is 6.92 Å². The lowest BCUT2D eigenvalue weighted by molar-refractivity contribution is -0.128. The van der Waals surface area contributed by atoms with Crippen LogP contribution >= 0.6 is 0 Å². The fourth-order valence-corrected chi connectivity index (χ4v) is 3.27. The van der Waals surface area contributed by atoms with Gasteiger partial charge >= 0.3 is 0 Å². The summed E-state index contributed by atoms with van der Waals surface area (Å²) in [5.41, 5.74) is 0.604. The van der Waals surface area contributed by atoms with Gasteiger partial charge in [-0.15, -0.1) is 0 Å². The Balaban J connectivity index is 2.07. The monoisotopic (exact) mass is 385 g/mol. The highest BCUT2D eigenvalue weighted by atomic mass is 16.5. The minimum Gasteiger partial charge on any atom is -0.503 e. The summed E-state index contributed by atoms with van der Waals surface area (Å²) in [4.78, 5) is 26.7. The molecule has 1 aromatic heterocycles. The molecule has 1 amide bonds. The maximum atomic E-state index is 13.0. The Morgan fingerprint density at radius 3 is 2.43 bits per heavy atom. The number of furan rings is 1. The van der Waals surface area contributed by atoms with Crippen molar-refractivity contribution in [2.24, 2.45) is 0 Å². The van der Waals surface area contributed by atoms with E-state index in [9.17, 15) is 14.7 Å². The van der Waals surface area contributed by atoms with Gasteiger partial charge in [-0.2, -0.15) is 0 Å². The summed E-state index contributed by atoms with van der Waals surface area (Å²) in [5, 5.41) is 10.4. The first-order chi connectivity index (χ1) is 13.4. The predicted octanol–water partition coefficient (Wildman–Crippen LogP) is 3.59. The number of carbonyl (C=O) groups excluding carboxylic acids is 2. The minimum absolute atomic E-state index is 0.0199. The lowest BCUT2D eigenvalue weighted by Gasteiger charge is -2.23. The summed E-state index contributed by atoms with van der Waals surface area (Å²) in [6.45, 7) is 6.35. The summed E-state index contributed by atoms with van der Waals surface area (Å²) in [6.07, 6.45) is 0. The second-order valence-electron chi connectivity index (χ2n) is 6.39. The maximum absolute atomic E-state index is 13.0. The van der Waals surface area contributed by atoms with Gasteiger partial charge in [-0.3, -0.25) is 9.59 Å². The molecule has 148 valence electrons. The van der Waals surface area contributed by atoms with Gasteiger partial charge in [-0.25, -0.2) is 0 Å². The average Bonchev–Trinajstić information content (AvgIpc) is 3.20.